The quantitative estimate of drug-likeness (QED) is 0.874. The highest BCUT2D eigenvalue weighted by Crippen LogP contribution is 2.28. The molecule has 0 bridgehead atoms. The third kappa shape index (κ3) is 3.42. The predicted molar refractivity (Wildman–Crippen MR) is 74.5 cm³/mol. The Hall–Kier alpha value is -2.13. The third-order valence-corrected chi connectivity index (χ3v) is 3.02. The van der Waals surface area contributed by atoms with Gasteiger partial charge in [0.1, 0.15) is 0 Å². The normalized spacial score (nSPS) is 23.1. The molecule has 1 aliphatic carbocycles. The van der Waals surface area contributed by atoms with E-state index in [9.17, 15) is 15.0 Å². The summed E-state index contributed by atoms with van der Waals surface area (Å²) >= 11 is 0. The first-order chi connectivity index (χ1) is 8.98. The SMILES string of the molecule is CC1(O)C=CC(C=Cc2ccccc2)=C(C(=O)O)C1. The molecule has 0 saturated carbocycles. The molecule has 2 N–H and O–H groups in total. The largest absolute Gasteiger partial charge is 0.478 e. The fourth-order valence-electron chi connectivity index (χ4n) is 1.99. The van der Waals surface area contributed by atoms with Crippen molar-refractivity contribution in [2.75, 3.05) is 0 Å². The smallest absolute Gasteiger partial charge is 0.332 e. The van der Waals surface area contributed by atoms with E-state index in [1.54, 1.807) is 25.2 Å². The Morgan fingerprint density at radius 1 is 1.26 bits per heavy atom. The number of allylic oxidation sites excluding steroid dienone is 3. The van der Waals surface area contributed by atoms with E-state index in [1.165, 1.54) is 0 Å². The minimum atomic E-state index is -1.09. The molecule has 0 saturated heterocycles. The van der Waals surface area contributed by atoms with Crippen LogP contribution in [0.15, 0.2) is 59.7 Å². The molecule has 1 aromatic carbocycles. The zero-order valence-corrected chi connectivity index (χ0v) is 10.7. The summed E-state index contributed by atoms with van der Waals surface area (Å²) in [5, 5.41) is 19.1. The van der Waals surface area contributed by atoms with Gasteiger partial charge < -0.3 is 10.2 Å². The number of hydrogen-bond donors (Lipinski definition) is 2. The Morgan fingerprint density at radius 2 is 1.95 bits per heavy atom. The van der Waals surface area contributed by atoms with Gasteiger partial charge in [-0.25, -0.2) is 4.79 Å². The van der Waals surface area contributed by atoms with Crippen LogP contribution < -0.4 is 0 Å². The Bertz CT molecular complexity index is 563. The van der Waals surface area contributed by atoms with Gasteiger partial charge in [-0.1, -0.05) is 54.6 Å². The molecule has 1 aromatic rings. The fourth-order valence-corrected chi connectivity index (χ4v) is 1.99. The second kappa shape index (κ2) is 5.24. The Morgan fingerprint density at radius 3 is 2.58 bits per heavy atom. The molecule has 1 aliphatic rings. The molecule has 1 atom stereocenters. The molecule has 19 heavy (non-hydrogen) atoms. The van der Waals surface area contributed by atoms with E-state index in [0.29, 0.717) is 5.57 Å². The van der Waals surface area contributed by atoms with Crippen LogP contribution in [0.4, 0.5) is 0 Å². The first-order valence-corrected chi connectivity index (χ1v) is 6.09. The highest BCUT2D eigenvalue weighted by atomic mass is 16.4. The van der Waals surface area contributed by atoms with Crippen LogP contribution in [-0.2, 0) is 4.79 Å². The van der Waals surface area contributed by atoms with Gasteiger partial charge in [-0.15, -0.1) is 0 Å². The molecule has 0 spiro atoms. The van der Waals surface area contributed by atoms with Crippen molar-refractivity contribution >= 4 is 12.0 Å². The summed E-state index contributed by atoms with van der Waals surface area (Å²) in [7, 11) is 0. The van der Waals surface area contributed by atoms with E-state index < -0.39 is 11.6 Å². The molecule has 0 heterocycles. The molecule has 0 amide bonds. The van der Waals surface area contributed by atoms with E-state index in [-0.39, 0.29) is 12.0 Å². The van der Waals surface area contributed by atoms with Crippen LogP contribution in [0.5, 0.6) is 0 Å². The molecule has 1 unspecified atom stereocenters. The molecule has 98 valence electrons. The Kier molecular flexibility index (Phi) is 3.67. The van der Waals surface area contributed by atoms with Gasteiger partial charge in [0.25, 0.3) is 0 Å². The number of aliphatic hydroxyl groups is 1. The minimum absolute atomic E-state index is 0.118. The molecular weight excluding hydrogens is 240 g/mol. The van der Waals surface area contributed by atoms with Crippen molar-refractivity contribution in [1.29, 1.82) is 0 Å². The molecule has 0 aromatic heterocycles. The van der Waals surface area contributed by atoms with Crippen molar-refractivity contribution in [1.82, 2.24) is 0 Å². The van der Waals surface area contributed by atoms with Gasteiger partial charge >= 0.3 is 5.97 Å². The second-order valence-corrected chi connectivity index (χ2v) is 4.85. The topological polar surface area (TPSA) is 57.5 Å². The Balaban J connectivity index is 2.30. The average Bonchev–Trinajstić information content (AvgIpc) is 2.37. The monoisotopic (exact) mass is 256 g/mol. The van der Waals surface area contributed by atoms with Crippen LogP contribution in [0.1, 0.15) is 18.9 Å². The summed E-state index contributed by atoms with van der Waals surface area (Å²) in [5.74, 6) is -0.989. The molecule has 0 fully saturated rings. The van der Waals surface area contributed by atoms with Crippen LogP contribution in [0.25, 0.3) is 6.08 Å². The van der Waals surface area contributed by atoms with Crippen molar-refractivity contribution in [3.05, 3.63) is 65.3 Å². The van der Waals surface area contributed by atoms with E-state index in [2.05, 4.69) is 0 Å². The number of carboxylic acid groups (broad SMARTS) is 1. The average molecular weight is 256 g/mol. The van der Waals surface area contributed by atoms with Crippen molar-refractivity contribution < 1.29 is 15.0 Å². The number of hydrogen-bond acceptors (Lipinski definition) is 2. The predicted octanol–water partition coefficient (Wildman–Crippen LogP) is 2.79. The number of carboxylic acids is 1. The lowest BCUT2D eigenvalue weighted by Crippen LogP contribution is -2.26. The minimum Gasteiger partial charge on any atom is -0.478 e. The lowest BCUT2D eigenvalue weighted by atomic mass is 9.87. The lowest BCUT2D eigenvalue weighted by molar-refractivity contribution is -0.133. The van der Waals surface area contributed by atoms with Crippen LogP contribution in [-0.4, -0.2) is 21.8 Å². The Labute approximate surface area is 112 Å². The summed E-state index contributed by atoms with van der Waals surface area (Å²) in [4.78, 5) is 11.2. The van der Waals surface area contributed by atoms with E-state index >= 15 is 0 Å². The maximum atomic E-state index is 11.2. The van der Waals surface area contributed by atoms with Crippen molar-refractivity contribution in [2.45, 2.75) is 18.9 Å². The van der Waals surface area contributed by atoms with Gasteiger partial charge in [0.2, 0.25) is 0 Å². The van der Waals surface area contributed by atoms with Crippen LogP contribution >= 0.6 is 0 Å². The van der Waals surface area contributed by atoms with Crippen molar-refractivity contribution in [3.63, 3.8) is 0 Å². The third-order valence-electron chi connectivity index (χ3n) is 3.02. The van der Waals surface area contributed by atoms with Crippen LogP contribution in [0.3, 0.4) is 0 Å². The summed E-state index contributed by atoms with van der Waals surface area (Å²) in [5.41, 5.74) is 0.783. The maximum absolute atomic E-state index is 11.2. The molecule has 3 heteroatoms. The van der Waals surface area contributed by atoms with E-state index in [4.69, 9.17) is 0 Å². The lowest BCUT2D eigenvalue weighted by Gasteiger charge is -2.24. The van der Waals surface area contributed by atoms with Gasteiger partial charge in [-0.05, 0) is 18.1 Å². The molecule has 0 aliphatic heterocycles. The van der Waals surface area contributed by atoms with E-state index in [0.717, 1.165) is 5.56 Å². The first kappa shape index (κ1) is 13.3. The second-order valence-electron chi connectivity index (χ2n) is 4.85. The van der Waals surface area contributed by atoms with Gasteiger partial charge in [0, 0.05) is 12.0 Å². The summed E-state index contributed by atoms with van der Waals surface area (Å²) in [6.45, 7) is 1.60. The van der Waals surface area contributed by atoms with Gasteiger partial charge in [0.15, 0.2) is 0 Å². The molecule has 3 nitrogen and oxygen atoms in total. The van der Waals surface area contributed by atoms with Gasteiger partial charge in [-0.2, -0.15) is 0 Å². The summed E-state index contributed by atoms with van der Waals surface area (Å²) < 4.78 is 0. The van der Waals surface area contributed by atoms with Crippen LogP contribution in [0.2, 0.25) is 0 Å². The summed E-state index contributed by atoms with van der Waals surface area (Å²) in [6.07, 6.45) is 7.04. The first-order valence-electron chi connectivity index (χ1n) is 6.09. The maximum Gasteiger partial charge on any atom is 0.332 e. The van der Waals surface area contributed by atoms with Crippen LogP contribution in [0, 0.1) is 0 Å². The molecule has 2 rings (SSSR count). The number of carbonyl (C=O) groups is 1. The van der Waals surface area contributed by atoms with E-state index in [1.807, 2.05) is 36.4 Å². The highest BCUT2D eigenvalue weighted by molar-refractivity contribution is 5.90. The van der Waals surface area contributed by atoms with Crippen molar-refractivity contribution in [2.24, 2.45) is 0 Å². The van der Waals surface area contributed by atoms with Gasteiger partial charge in [-0.3, -0.25) is 0 Å². The number of aliphatic carboxylic acids is 1. The number of rotatable bonds is 3. The molecule has 0 radical (unpaired) electrons. The standard InChI is InChI=1S/C16H16O3/c1-16(19)10-9-13(14(11-16)15(17)18)8-7-12-5-3-2-4-6-12/h2-10,19H,11H2,1H3,(H,17,18). The van der Waals surface area contributed by atoms with Crippen molar-refractivity contribution in [3.8, 4) is 0 Å². The zero-order chi connectivity index (χ0) is 13.9. The summed E-state index contributed by atoms with van der Waals surface area (Å²) in [6, 6.07) is 9.67. The molecular formula is C16H16O3. The zero-order valence-electron chi connectivity index (χ0n) is 10.7. The fraction of sp³-hybridized carbons (Fsp3) is 0.188. The van der Waals surface area contributed by atoms with Gasteiger partial charge in [0.05, 0.1) is 5.60 Å². The highest BCUT2D eigenvalue weighted by Gasteiger charge is 2.27. The number of benzene rings is 1.